The fourth-order valence-electron chi connectivity index (χ4n) is 10.5. The number of carbonyl (C=O) groups is 1. The fraction of sp³-hybridized carbons (Fsp3) is 0.510. The summed E-state index contributed by atoms with van der Waals surface area (Å²) in [5.41, 5.74) is 3.11. The van der Waals surface area contributed by atoms with E-state index in [1.54, 1.807) is 36.4 Å². The molecule has 0 saturated heterocycles. The molecule has 6 atom stereocenters. The van der Waals surface area contributed by atoms with E-state index in [-0.39, 0.29) is 68.0 Å². The number of amides is 1. The van der Waals surface area contributed by atoms with Crippen LogP contribution >= 0.6 is 0 Å². The molecule has 6 unspecified atom stereocenters. The van der Waals surface area contributed by atoms with Crippen LogP contribution in [0.4, 0.5) is 10.1 Å². The van der Waals surface area contributed by atoms with Crippen LogP contribution in [0.15, 0.2) is 96.2 Å². The Morgan fingerprint density at radius 1 is 1.02 bits per heavy atom. The van der Waals surface area contributed by atoms with Crippen molar-refractivity contribution in [1.82, 2.24) is 4.90 Å². The van der Waals surface area contributed by atoms with Crippen molar-refractivity contribution < 1.29 is 43.4 Å². The van der Waals surface area contributed by atoms with Crippen LogP contribution < -0.4 is 9.47 Å². The van der Waals surface area contributed by atoms with Gasteiger partial charge in [-0.3, -0.25) is 14.9 Å². The van der Waals surface area contributed by atoms with Gasteiger partial charge >= 0.3 is 0 Å². The highest BCUT2D eigenvalue weighted by Gasteiger charge is 2.65. The number of nitrogens with zero attached hydrogens (tertiary/aromatic N) is 3. The van der Waals surface area contributed by atoms with Crippen molar-refractivity contribution in [1.29, 1.82) is 0 Å². The van der Waals surface area contributed by atoms with Crippen molar-refractivity contribution in [3.63, 3.8) is 0 Å². The number of nitro groups is 1. The third kappa shape index (κ3) is 9.90. The van der Waals surface area contributed by atoms with Gasteiger partial charge in [-0.2, -0.15) is 0 Å². The maximum Gasteiger partial charge on any atom is 0.273 e. The van der Waals surface area contributed by atoms with Crippen molar-refractivity contribution in [2.45, 2.75) is 108 Å². The third-order valence-electron chi connectivity index (χ3n) is 13.3. The first-order valence-corrected chi connectivity index (χ1v) is 22.3. The number of oxime groups is 1. The standard InChI is InChI=1S/C49H60FN3O9/c1-3-27-60-49-45(52(32-34-17-20-36(50)21-18-34)46(56)24-19-33-11-4-5-12-33)31-43(51-59-2)41-28-35(13-6-8-25-54)40(16-7-9-26-55)47(48(41)49)42-30-39(22-23-44(42)62-49)61-38-15-10-14-37(29-38)53(57)58/h3,10,14-15,17-18,20-23,28-30,33,35,40,45,47-48,54-55H,1,4-9,11-13,16,19,24-27,31-32H2,2H3. The van der Waals surface area contributed by atoms with Gasteiger partial charge in [0.1, 0.15) is 36.2 Å². The van der Waals surface area contributed by atoms with Gasteiger partial charge in [0, 0.05) is 50.1 Å². The van der Waals surface area contributed by atoms with E-state index in [0.717, 1.165) is 61.6 Å². The van der Waals surface area contributed by atoms with Gasteiger partial charge in [-0.25, -0.2) is 4.39 Å². The Morgan fingerprint density at radius 3 is 2.47 bits per heavy atom. The summed E-state index contributed by atoms with van der Waals surface area (Å²) >= 11 is 0. The summed E-state index contributed by atoms with van der Waals surface area (Å²) in [5, 5.41) is 36.2. The summed E-state index contributed by atoms with van der Waals surface area (Å²) in [4.78, 5) is 33.6. The molecule has 2 N–H and O–H groups in total. The van der Waals surface area contributed by atoms with Crippen LogP contribution in [0.25, 0.3) is 0 Å². The molecule has 1 aliphatic heterocycles. The lowest BCUT2D eigenvalue weighted by atomic mass is 9.55. The number of halogens is 1. The van der Waals surface area contributed by atoms with Gasteiger partial charge in [0.2, 0.25) is 11.7 Å². The first-order valence-electron chi connectivity index (χ1n) is 22.3. The van der Waals surface area contributed by atoms with Gasteiger partial charge in [-0.15, -0.1) is 6.58 Å². The van der Waals surface area contributed by atoms with Crippen LogP contribution in [0, 0.1) is 39.6 Å². The van der Waals surface area contributed by atoms with Crippen molar-refractivity contribution in [2.24, 2.45) is 28.8 Å². The van der Waals surface area contributed by atoms with Crippen molar-refractivity contribution >= 4 is 17.3 Å². The number of aliphatic hydroxyl groups excluding tert-OH is 2. The minimum Gasteiger partial charge on any atom is -0.459 e. The molecule has 3 aromatic rings. The SMILES string of the molecule is C=CCOC12Oc3ccc(Oc4cccc([N+](=O)[O-])c4)cc3C3C(CCCCO)C(CCCCO)C=C(C(=NOC)CC1N(Cc1ccc(F)cc1)C(=O)CCC1CCCC1)C32. The highest BCUT2D eigenvalue weighted by atomic mass is 19.1. The van der Waals surface area contributed by atoms with Gasteiger partial charge in [-0.1, -0.05) is 74.0 Å². The second-order valence-electron chi connectivity index (χ2n) is 17.1. The number of allylic oxidation sites excluding steroid dienone is 1. The Labute approximate surface area is 363 Å². The molecule has 2 fully saturated rings. The lowest BCUT2D eigenvalue weighted by molar-refractivity contribution is -0.384. The second kappa shape index (κ2) is 20.8. The predicted molar refractivity (Wildman–Crippen MR) is 233 cm³/mol. The average Bonchev–Trinajstić information content (AvgIpc) is 3.80. The lowest BCUT2D eigenvalue weighted by Gasteiger charge is -2.60. The van der Waals surface area contributed by atoms with Gasteiger partial charge in [0.25, 0.3) is 5.69 Å². The summed E-state index contributed by atoms with van der Waals surface area (Å²) in [5.74, 6) is -0.868. The quantitative estimate of drug-likeness (QED) is 0.0462. The number of hydrogen-bond donors (Lipinski definition) is 2. The van der Waals surface area contributed by atoms with Crippen LogP contribution in [0.5, 0.6) is 17.2 Å². The molecule has 3 aromatic carbocycles. The van der Waals surface area contributed by atoms with Crippen LogP contribution in [-0.2, 0) is 20.9 Å². The monoisotopic (exact) mass is 853 g/mol. The Balaban J connectivity index is 1.42. The van der Waals surface area contributed by atoms with Crippen molar-refractivity contribution in [3.8, 4) is 17.2 Å². The molecule has 7 rings (SSSR count). The van der Waals surface area contributed by atoms with E-state index in [2.05, 4.69) is 17.8 Å². The van der Waals surface area contributed by atoms with Gasteiger partial charge in [0.05, 0.1) is 29.2 Å². The molecule has 0 bridgehead atoms. The molecule has 1 heterocycles. The number of nitro benzene ring substituents is 1. The summed E-state index contributed by atoms with van der Waals surface area (Å²) in [6, 6.07) is 17.1. The smallest absolute Gasteiger partial charge is 0.273 e. The zero-order chi connectivity index (χ0) is 43.6. The molecule has 4 aliphatic rings. The fourth-order valence-corrected chi connectivity index (χ4v) is 10.5. The van der Waals surface area contributed by atoms with E-state index in [0.29, 0.717) is 48.1 Å². The molecule has 332 valence electrons. The number of rotatable bonds is 21. The Kier molecular flexibility index (Phi) is 15.1. The molecule has 62 heavy (non-hydrogen) atoms. The molecular formula is C49H60FN3O9. The van der Waals surface area contributed by atoms with E-state index in [9.17, 15) is 29.5 Å². The van der Waals surface area contributed by atoms with E-state index < -0.39 is 22.7 Å². The molecule has 12 nitrogen and oxygen atoms in total. The summed E-state index contributed by atoms with van der Waals surface area (Å²) in [6.07, 6.45) is 14.2. The number of hydrogen-bond acceptors (Lipinski definition) is 10. The van der Waals surface area contributed by atoms with E-state index in [1.807, 2.05) is 17.0 Å². The number of ether oxygens (including phenoxy) is 3. The second-order valence-corrected chi connectivity index (χ2v) is 17.1. The lowest BCUT2D eigenvalue weighted by Crippen LogP contribution is -2.70. The zero-order valence-electron chi connectivity index (χ0n) is 35.7. The van der Waals surface area contributed by atoms with Crippen molar-refractivity contribution in [3.05, 3.63) is 118 Å². The van der Waals surface area contributed by atoms with Crippen LogP contribution in [0.3, 0.4) is 0 Å². The number of benzene rings is 3. The number of carbonyl (C=O) groups excluding carboxylic acids is 1. The van der Waals surface area contributed by atoms with E-state index in [4.69, 9.17) is 19.0 Å². The first-order chi connectivity index (χ1) is 30.2. The normalized spacial score (nSPS) is 24.7. The highest BCUT2D eigenvalue weighted by Crippen LogP contribution is 2.62. The molecule has 0 aromatic heterocycles. The summed E-state index contributed by atoms with van der Waals surface area (Å²) in [6.45, 7) is 4.45. The molecule has 13 heteroatoms. The molecule has 0 spiro atoms. The maximum absolute atomic E-state index is 15.0. The third-order valence-corrected chi connectivity index (χ3v) is 13.3. The molecule has 0 radical (unpaired) electrons. The topological polar surface area (TPSA) is 153 Å². The Bertz CT molecular complexity index is 2090. The minimum atomic E-state index is -1.46. The van der Waals surface area contributed by atoms with Gasteiger partial charge < -0.3 is 34.2 Å². The van der Waals surface area contributed by atoms with E-state index in [1.165, 1.54) is 44.2 Å². The van der Waals surface area contributed by atoms with Gasteiger partial charge in [0.15, 0.2) is 0 Å². The molecular weight excluding hydrogens is 794 g/mol. The zero-order valence-corrected chi connectivity index (χ0v) is 35.7. The molecule has 3 aliphatic carbocycles. The maximum atomic E-state index is 15.0. The highest BCUT2D eigenvalue weighted by molar-refractivity contribution is 6.03. The van der Waals surface area contributed by atoms with Crippen LogP contribution in [0.2, 0.25) is 0 Å². The van der Waals surface area contributed by atoms with Crippen LogP contribution in [0.1, 0.15) is 101 Å². The van der Waals surface area contributed by atoms with Crippen molar-refractivity contribution in [2.75, 3.05) is 26.9 Å². The van der Waals surface area contributed by atoms with Crippen LogP contribution in [-0.4, -0.2) is 70.4 Å². The number of aliphatic hydroxyl groups is 2. The molecule has 2 saturated carbocycles. The average molecular weight is 854 g/mol. The minimum absolute atomic E-state index is 0.0115. The number of non-ortho nitro benzene ring substituents is 1. The predicted octanol–water partition coefficient (Wildman–Crippen LogP) is 9.79. The summed E-state index contributed by atoms with van der Waals surface area (Å²) < 4.78 is 35.1. The van der Waals surface area contributed by atoms with E-state index >= 15 is 0 Å². The largest absolute Gasteiger partial charge is 0.459 e. The Hall–Kier alpha value is -5.11. The van der Waals surface area contributed by atoms with Gasteiger partial charge in [-0.05, 0) is 97.4 Å². The first kappa shape index (κ1) is 44.9. The number of fused-ring (bicyclic) bond motifs is 2. The summed E-state index contributed by atoms with van der Waals surface area (Å²) in [7, 11) is 1.52. The number of unbranched alkanes of at least 4 members (excludes halogenated alkanes) is 2. The Morgan fingerprint density at radius 2 is 1.76 bits per heavy atom. The molecule has 1 amide bonds.